The lowest BCUT2D eigenvalue weighted by molar-refractivity contribution is -0.125. The number of aliphatic hydroxyl groups excluding tert-OH is 1. The molecule has 1 aliphatic heterocycles. The van der Waals surface area contributed by atoms with Gasteiger partial charge in [-0.15, -0.1) is 0 Å². The highest BCUT2D eigenvalue weighted by Gasteiger charge is 2.38. The van der Waals surface area contributed by atoms with Crippen molar-refractivity contribution in [1.82, 2.24) is 0 Å². The van der Waals surface area contributed by atoms with E-state index in [0.29, 0.717) is 0 Å². The summed E-state index contributed by atoms with van der Waals surface area (Å²) in [5.74, 6) is 2.23. The van der Waals surface area contributed by atoms with Crippen molar-refractivity contribution >= 4 is 28.4 Å². The van der Waals surface area contributed by atoms with Crippen LogP contribution in [0.5, 0.6) is 0 Å². The van der Waals surface area contributed by atoms with Gasteiger partial charge in [-0.1, -0.05) is 5.92 Å². The zero-order chi connectivity index (χ0) is 8.43. The van der Waals surface area contributed by atoms with Crippen molar-refractivity contribution in [2.75, 3.05) is 0 Å². The number of hydrogen-bond acceptors (Lipinski definition) is 3. The van der Waals surface area contributed by atoms with Gasteiger partial charge in [0.05, 0.1) is 6.10 Å². The molecule has 1 N–H and O–H groups in total. The van der Waals surface area contributed by atoms with Gasteiger partial charge in [-0.25, -0.2) is 0 Å². The van der Waals surface area contributed by atoms with Gasteiger partial charge in [-0.3, -0.25) is 4.79 Å². The van der Waals surface area contributed by atoms with Crippen LogP contribution in [0.25, 0.3) is 0 Å². The molecular formula is C7H7IO3. The van der Waals surface area contributed by atoms with Gasteiger partial charge in [0.15, 0.2) is 6.10 Å². The molecule has 0 saturated carbocycles. The fourth-order valence-corrected chi connectivity index (χ4v) is 1.18. The van der Waals surface area contributed by atoms with Gasteiger partial charge in [0.25, 0.3) is 0 Å². The monoisotopic (exact) mass is 266 g/mol. The Hall–Kier alpha value is -0.120. The van der Waals surface area contributed by atoms with Crippen LogP contribution in [0.3, 0.4) is 0 Å². The fraction of sp³-hybridized carbons (Fsp3) is 0.571. The second kappa shape index (κ2) is 3.52. The standard InChI is InChI=1S/C7H7IO3/c1-4-6(9)7(10)5(11-4)2-3-8/h4-6,9H,1H3/t4-,5+,6?/m0/s1. The highest BCUT2D eigenvalue weighted by atomic mass is 127. The molecule has 0 aromatic heterocycles. The average molecular weight is 266 g/mol. The Morgan fingerprint density at radius 2 is 2.36 bits per heavy atom. The van der Waals surface area contributed by atoms with Gasteiger partial charge in [0, 0.05) is 22.6 Å². The lowest BCUT2D eigenvalue weighted by atomic mass is 10.1. The first kappa shape index (κ1) is 8.97. The Balaban J connectivity index is 2.72. The maximum absolute atomic E-state index is 11.0. The number of aliphatic hydroxyl groups is 1. The van der Waals surface area contributed by atoms with Crippen molar-refractivity contribution in [2.45, 2.75) is 25.2 Å². The molecule has 1 aliphatic rings. The van der Waals surface area contributed by atoms with Crippen molar-refractivity contribution < 1.29 is 14.6 Å². The van der Waals surface area contributed by atoms with Gasteiger partial charge >= 0.3 is 0 Å². The number of ketones is 1. The summed E-state index contributed by atoms with van der Waals surface area (Å²) in [6, 6.07) is 0. The predicted molar refractivity (Wildman–Crippen MR) is 47.1 cm³/mol. The third-order valence-corrected chi connectivity index (χ3v) is 1.84. The van der Waals surface area contributed by atoms with E-state index in [1.54, 1.807) is 6.92 Å². The summed E-state index contributed by atoms with van der Waals surface area (Å²) in [6.07, 6.45) is -2.15. The van der Waals surface area contributed by atoms with E-state index in [2.05, 4.69) is 9.85 Å². The Kier molecular flexibility index (Phi) is 2.87. The minimum absolute atomic E-state index is 0.332. The number of halogens is 1. The highest BCUT2D eigenvalue weighted by molar-refractivity contribution is 14.1. The molecule has 0 aromatic rings. The van der Waals surface area contributed by atoms with Gasteiger partial charge in [-0.05, 0) is 10.9 Å². The van der Waals surface area contributed by atoms with Crippen molar-refractivity contribution in [3.63, 3.8) is 0 Å². The molecule has 0 aliphatic carbocycles. The normalized spacial score (nSPS) is 36.6. The van der Waals surface area contributed by atoms with Crippen LogP contribution in [-0.4, -0.2) is 29.2 Å². The molecule has 60 valence electrons. The second-order valence-corrected chi connectivity index (χ2v) is 2.85. The minimum atomic E-state index is -1.00. The lowest BCUT2D eigenvalue weighted by Gasteiger charge is -2.02. The summed E-state index contributed by atoms with van der Waals surface area (Å²) in [5, 5.41) is 9.12. The van der Waals surface area contributed by atoms with Crippen LogP contribution < -0.4 is 0 Å². The van der Waals surface area contributed by atoms with Crippen molar-refractivity contribution in [3.05, 3.63) is 0 Å². The lowest BCUT2D eigenvalue weighted by Crippen LogP contribution is -2.25. The number of hydrogen-bond donors (Lipinski definition) is 1. The third-order valence-electron chi connectivity index (χ3n) is 1.53. The van der Waals surface area contributed by atoms with E-state index in [9.17, 15) is 4.79 Å². The molecule has 4 heteroatoms. The van der Waals surface area contributed by atoms with E-state index in [4.69, 9.17) is 9.84 Å². The Morgan fingerprint density at radius 1 is 1.73 bits per heavy atom. The number of rotatable bonds is 0. The number of ether oxygens (including phenoxy) is 1. The van der Waals surface area contributed by atoms with Gasteiger partial charge in [0.2, 0.25) is 5.78 Å². The van der Waals surface area contributed by atoms with Crippen molar-refractivity contribution in [3.8, 4) is 9.85 Å². The van der Waals surface area contributed by atoms with Crippen molar-refractivity contribution in [2.24, 2.45) is 0 Å². The summed E-state index contributed by atoms with van der Waals surface area (Å²) < 4.78 is 7.59. The first-order chi connectivity index (χ1) is 5.16. The molecule has 0 amide bonds. The number of carbonyl (C=O) groups is 1. The topological polar surface area (TPSA) is 46.5 Å². The van der Waals surface area contributed by atoms with Crippen LogP contribution in [0.4, 0.5) is 0 Å². The maximum atomic E-state index is 11.0. The van der Waals surface area contributed by atoms with Crippen LogP contribution in [0.15, 0.2) is 0 Å². The summed E-state index contributed by atoms with van der Waals surface area (Å²) in [7, 11) is 0. The minimum Gasteiger partial charge on any atom is -0.382 e. The van der Waals surface area contributed by atoms with E-state index < -0.39 is 18.3 Å². The summed E-state index contributed by atoms with van der Waals surface area (Å²) in [5.41, 5.74) is 0. The summed E-state index contributed by atoms with van der Waals surface area (Å²) in [4.78, 5) is 11.0. The van der Waals surface area contributed by atoms with Crippen LogP contribution in [0, 0.1) is 9.85 Å². The molecular weight excluding hydrogens is 259 g/mol. The predicted octanol–water partition coefficient (Wildman–Crippen LogP) is 0.0996. The van der Waals surface area contributed by atoms with E-state index in [1.807, 2.05) is 22.6 Å². The summed E-state index contributed by atoms with van der Waals surface area (Å²) in [6.45, 7) is 1.65. The molecule has 1 rings (SSSR count). The largest absolute Gasteiger partial charge is 0.382 e. The molecule has 1 saturated heterocycles. The Labute approximate surface area is 78.3 Å². The molecule has 3 atom stereocenters. The zero-order valence-electron chi connectivity index (χ0n) is 5.87. The number of Topliss-reactive ketones (excluding diaryl/α,β-unsaturated/α-hetero) is 1. The second-order valence-electron chi connectivity index (χ2n) is 2.31. The smallest absolute Gasteiger partial charge is 0.204 e. The summed E-state index contributed by atoms with van der Waals surface area (Å²) >= 11 is 1.83. The van der Waals surface area contributed by atoms with Crippen LogP contribution in [-0.2, 0) is 9.53 Å². The van der Waals surface area contributed by atoms with E-state index in [0.717, 1.165) is 0 Å². The number of carbonyl (C=O) groups excluding carboxylic acids is 1. The molecule has 0 aromatic carbocycles. The first-order valence-corrected chi connectivity index (χ1v) is 4.23. The molecule has 3 nitrogen and oxygen atoms in total. The highest BCUT2D eigenvalue weighted by Crippen LogP contribution is 2.15. The van der Waals surface area contributed by atoms with Crippen LogP contribution in [0.2, 0.25) is 0 Å². The van der Waals surface area contributed by atoms with Gasteiger partial charge in [-0.2, -0.15) is 0 Å². The van der Waals surface area contributed by atoms with E-state index in [-0.39, 0.29) is 5.78 Å². The SMILES string of the molecule is C[C@@H]1O[C@H](C#CI)C(=O)C1O. The van der Waals surface area contributed by atoms with Gasteiger partial charge < -0.3 is 9.84 Å². The molecule has 0 radical (unpaired) electrons. The van der Waals surface area contributed by atoms with Gasteiger partial charge in [0.1, 0.15) is 6.10 Å². The van der Waals surface area contributed by atoms with E-state index in [1.165, 1.54) is 0 Å². The Morgan fingerprint density at radius 3 is 2.73 bits per heavy atom. The Bertz CT molecular complexity index is 228. The molecule has 0 bridgehead atoms. The van der Waals surface area contributed by atoms with Crippen LogP contribution >= 0.6 is 22.6 Å². The molecule has 1 fully saturated rings. The quantitative estimate of drug-likeness (QED) is 0.499. The molecule has 1 heterocycles. The molecule has 11 heavy (non-hydrogen) atoms. The van der Waals surface area contributed by atoms with Crippen molar-refractivity contribution in [1.29, 1.82) is 0 Å². The van der Waals surface area contributed by atoms with Crippen LogP contribution in [0.1, 0.15) is 6.92 Å². The third kappa shape index (κ3) is 1.72. The molecule has 0 spiro atoms. The zero-order valence-corrected chi connectivity index (χ0v) is 8.03. The van der Waals surface area contributed by atoms with E-state index >= 15 is 0 Å². The fourth-order valence-electron chi connectivity index (χ4n) is 0.897. The first-order valence-electron chi connectivity index (χ1n) is 3.15. The maximum Gasteiger partial charge on any atom is 0.204 e. The average Bonchev–Trinajstić information content (AvgIpc) is 2.19. The molecule has 1 unspecified atom stereocenters.